The van der Waals surface area contributed by atoms with E-state index in [0.29, 0.717) is 19.0 Å². The largest absolute Gasteiger partial charge is 0.481 e. The minimum Gasteiger partial charge on any atom is -0.481 e. The van der Waals surface area contributed by atoms with Gasteiger partial charge in [0.15, 0.2) is 0 Å². The molecule has 0 bridgehead atoms. The number of hydrogen-bond acceptors (Lipinski definition) is 2. The van der Waals surface area contributed by atoms with Gasteiger partial charge < -0.3 is 10.0 Å². The van der Waals surface area contributed by atoms with Gasteiger partial charge in [-0.15, -0.1) is 0 Å². The van der Waals surface area contributed by atoms with E-state index in [1.165, 1.54) is 6.42 Å². The highest BCUT2D eigenvalue weighted by atomic mass is 16.4. The predicted molar refractivity (Wildman–Crippen MR) is 88.0 cm³/mol. The Labute approximate surface area is 137 Å². The molecule has 1 N–H and O–H groups in total. The zero-order chi connectivity index (χ0) is 16.4. The van der Waals surface area contributed by atoms with Gasteiger partial charge in [-0.25, -0.2) is 0 Å². The van der Waals surface area contributed by atoms with Gasteiger partial charge in [0, 0.05) is 24.9 Å². The third kappa shape index (κ3) is 3.26. The molecule has 1 aliphatic heterocycles. The number of rotatable bonds is 3. The summed E-state index contributed by atoms with van der Waals surface area (Å²) in [5.74, 6) is -0.743. The lowest BCUT2D eigenvalue weighted by Gasteiger charge is -2.31. The van der Waals surface area contributed by atoms with Crippen molar-refractivity contribution in [2.75, 3.05) is 13.1 Å². The molecule has 1 aromatic carbocycles. The van der Waals surface area contributed by atoms with Crippen LogP contribution >= 0.6 is 0 Å². The first-order valence-corrected chi connectivity index (χ1v) is 8.64. The van der Waals surface area contributed by atoms with Gasteiger partial charge in [0.05, 0.1) is 5.92 Å². The first kappa shape index (κ1) is 16.0. The maximum absolute atomic E-state index is 12.9. The number of aliphatic carboxylic acids is 1. The van der Waals surface area contributed by atoms with E-state index >= 15 is 0 Å². The van der Waals surface area contributed by atoms with Gasteiger partial charge in [-0.1, -0.05) is 50.1 Å². The summed E-state index contributed by atoms with van der Waals surface area (Å²) in [5.41, 5.74) is 1.02. The van der Waals surface area contributed by atoms with Crippen LogP contribution in [0.25, 0.3) is 0 Å². The summed E-state index contributed by atoms with van der Waals surface area (Å²) in [6, 6.07) is 9.74. The molecule has 0 radical (unpaired) electrons. The van der Waals surface area contributed by atoms with Crippen LogP contribution in [-0.4, -0.2) is 35.0 Å². The first-order valence-electron chi connectivity index (χ1n) is 8.64. The van der Waals surface area contributed by atoms with Crippen LogP contribution < -0.4 is 0 Å². The Balaban J connectivity index is 1.77. The Morgan fingerprint density at radius 1 is 1.04 bits per heavy atom. The molecule has 1 heterocycles. The number of carbonyl (C=O) groups excluding carboxylic acids is 1. The number of nitrogens with zero attached hydrogens (tertiary/aromatic N) is 1. The van der Waals surface area contributed by atoms with Crippen molar-refractivity contribution in [3.8, 4) is 0 Å². The summed E-state index contributed by atoms with van der Waals surface area (Å²) in [4.78, 5) is 26.4. The van der Waals surface area contributed by atoms with Gasteiger partial charge >= 0.3 is 5.97 Å². The van der Waals surface area contributed by atoms with Gasteiger partial charge in [-0.05, 0) is 24.3 Å². The van der Waals surface area contributed by atoms with Crippen molar-refractivity contribution in [1.82, 2.24) is 4.90 Å². The average molecular weight is 315 g/mol. The molecule has 124 valence electrons. The highest BCUT2D eigenvalue weighted by Crippen LogP contribution is 2.37. The van der Waals surface area contributed by atoms with Crippen LogP contribution in [0.3, 0.4) is 0 Å². The fourth-order valence-corrected chi connectivity index (χ4v) is 4.19. The summed E-state index contributed by atoms with van der Waals surface area (Å²) >= 11 is 0. The predicted octanol–water partition coefficient (Wildman–Crippen LogP) is 3.14. The molecule has 23 heavy (non-hydrogen) atoms. The molecule has 2 aliphatic rings. The van der Waals surface area contributed by atoms with Crippen molar-refractivity contribution in [2.24, 2.45) is 17.8 Å². The fourth-order valence-electron chi connectivity index (χ4n) is 4.19. The van der Waals surface area contributed by atoms with Crippen molar-refractivity contribution in [1.29, 1.82) is 0 Å². The summed E-state index contributed by atoms with van der Waals surface area (Å²) in [6.07, 6.45) is 4.37. The van der Waals surface area contributed by atoms with Crippen LogP contribution in [-0.2, 0) is 9.59 Å². The second kappa shape index (κ2) is 6.73. The van der Waals surface area contributed by atoms with E-state index < -0.39 is 11.9 Å². The maximum Gasteiger partial charge on any atom is 0.308 e. The Hall–Kier alpha value is -1.84. The minimum absolute atomic E-state index is 0.0766. The Morgan fingerprint density at radius 2 is 1.74 bits per heavy atom. The Kier molecular flexibility index (Phi) is 4.69. The van der Waals surface area contributed by atoms with Crippen molar-refractivity contribution in [3.05, 3.63) is 35.9 Å². The lowest BCUT2D eigenvalue weighted by atomic mass is 9.79. The fraction of sp³-hybridized carbons (Fsp3) is 0.579. The van der Waals surface area contributed by atoms with Crippen LogP contribution in [0.5, 0.6) is 0 Å². The van der Waals surface area contributed by atoms with E-state index in [1.807, 2.05) is 35.2 Å². The number of hydrogen-bond donors (Lipinski definition) is 1. The number of likely N-dealkylation sites (tertiary alicyclic amines) is 1. The van der Waals surface area contributed by atoms with Crippen LogP contribution in [0.4, 0.5) is 0 Å². The van der Waals surface area contributed by atoms with Gasteiger partial charge in [-0.2, -0.15) is 0 Å². The number of carboxylic acid groups (broad SMARTS) is 1. The standard InChI is InChI=1S/C19H25NO3/c1-13-7-5-6-10-15(13)18(21)20-11-16(17(12-20)19(22)23)14-8-3-2-4-9-14/h2-4,8-9,13,15-17H,5-7,10-12H2,1H3,(H,22,23). The lowest BCUT2D eigenvalue weighted by Crippen LogP contribution is -2.39. The summed E-state index contributed by atoms with van der Waals surface area (Å²) in [6.45, 7) is 3.03. The molecule has 3 rings (SSSR count). The zero-order valence-electron chi connectivity index (χ0n) is 13.6. The molecule has 1 aliphatic carbocycles. The highest BCUT2D eigenvalue weighted by Gasteiger charge is 2.42. The molecule has 0 spiro atoms. The van der Waals surface area contributed by atoms with Crippen molar-refractivity contribution in [2.45, 2.75) is 38.5 Å². The van der Waals surface area contributed by atoms with Gasteiger partial charge in [0.25, 0.3) is 0 Å². The molecular formula is C19H25NO3. The van der Waals surface area contributed by atoms with Crippen LogP contribution in [0.1, 0.15) is 44.1 Å². The maximum atomic E-state index is 12.9. The minimum atomic E-state index is -0.800. The average Bonchev–Trinajstić information content (AvgIpc) is 3.01. The first-order chi connectivity index (χ1) is 11.1. The number of benzene rings is 1. The normalized spacial score (nSPS) is 31.1. The molecule has 1 saturated carbocycles. The molecule has 2 fully saturated rings. The van der Waals surface area contributed by atoms with Gasteiger partial charge in [0.2, 0.25) is 5.91 Å². The monoisotopic (exact) mass is 315 g/mol. The topological polar surface area (TPSA) is 57.6 Å². The quantitative estimate of drug-likeness (QED) is 0.932. The molecule has 1 aromatic rings. The van der Waals surface area contributed by atoms with E-state index in [0.717, 1.165) is 24.8 Å². The molecule has 4 unspecified atom stereocenters. The van der Waals surface area contributed by atoms with Crippen LogP contribution in [0.15, 0.2) is 30.3 Å². The van der Waals surface area contributed by atoms with E-state index in [4.69, 9.17) is 0 Å². The van der Waals surface area contributed by atoms with Crippen LogP contribution in [0, 0.1) is 17.8 Å². The van der Waals surface area contributed by atoms with E-state index in [9.17, 15) is 14.7 Å². The summed E-state index contributed by atoms with van der Waals surface area (Å²) < 4.78 is 0. The molecule has 4 atom stereocenters. The molecular weight excluding hydrogens is 290 g/mol. The third-order valence-corrected chi connectivity index (χ3v) is 5.61. The van der Waals surface area contributed by atoms with Crippen molar-refractivity contribution >= 4 is 11.9 Å². The second-order valence-electron chi connectivity index (χ2n) is 7.07. The Bertz CT molecular complexity index is 571. The number of amides is 1. The lowest BCUT2D eigenvalue weighted by molar-refractivity contribution is -0.142. The summed E-state index contributed by atoms with van der Waals surface area (Å²) in [5, 5.41) is 9.57. The third-order valence-electron chi connectivity index (χ3n) is 5.61. The highest BCUT2D eigenvalue weighted by molar-refractivity contribution is 5.81. The Morgan fingerprint density at radius 3 is 2.39 bits per heavy atom. The summed E-state index contributed by atoms with van der Waals surface area (Å²) in [7, 11) is 0. The van der Waals surface area contributed by atoms with Gasteiger partial charge in [-0.3, -0.25) is 9.59 Å². The van der Waals surface area contributed by atoms with E-state index in [-0.39, 0.29) is 17.7 Å². The smallest absolute Gasteiger partial charge is 0.308 e. The molecule has 1 amide bonds. The van der Waals surface area contributed by atoms with E-state index in [2.05, 4.69) is 6.92 Å². The van der Waals surface area contributed by atoms with Gasteiger partial charge in [0.1, 0.15) is 0 Å². The molecule has 0 aromatic heterocycles. The number of carbonyl (C=O) groups is 2. The molecule has 4 heteroatoms. The molecule has 1 saturated heterocycles. The number of carboxylic acids is 1. The van der Waals surface area contributed by atoms with Crippen molar-refractivity contribution < 1.29 is 14.7 Å². The van der Waals surface area contributed by atoms with Crippen LogP contribution in [0.2, 0.25) is 0 Å². The SMILES string of the molecule is CC1CCCCC1C(=O)N1CC(C(=O)O)C(c2ccccc2)C1. The van der Waals surface area contributed by atoms with Crippen molar-refractivity contribution in [3.63, 3.8) is 0 Å². The second-order valence-corrected chi connectivity index (χ2v) is 7.07. The van der Waals surface area contributed by atoms with E-state index in [1.54, 1.807) is 0 Å². The zero-order valence-corrected chi connectivity index (χ0v) is 13.6. The molecule has 4 nitrogen and oxygen atoms in total.